The van der Waals surface area contributed by atoms with Crippen molar-refractivity contribution in [2.45, 2.75) is 6.10 Å². The number of aliphatic hydroxyl groups is 1. The van der Waals surface area contributed by atoms with Crippen LogP contribution in [0.5, 0.6) is 0 Å². The Hall–Kier alpha value is -2.50. The molecule has 0 spiro atoms. The summed E-state index contributed by atoms with van der Waals surface area (Å²) < 4.78 is 0. The first-order valence-electron chi connectivity index (χ1n) is 9.50. The Balaban J connectivity index is 1.48. The van der Waals surface area contributed by atoms with Crippen molar-refractivity contribution in [1.29, 1.82) is 0 Å². The highest BCUT2D eigenvalue weighted by Gasteiger charge is 2.19. The highest BCUT2D eigenvalue weighted by atomic mass is 35.5. The van der Waals surface area contributed by atoms with Crippen molar-refractivity contribution in [3.8, 4) is 0 Å². The van der Waals surface area contributed by atoms with Gasteiger partial charge in [-0.15, -0.1) is 11.6 Å². The predicted octanol–water partition coefficient (Wildman–Crippen LogP) is 3.06. The smallest absolute Gasteiger partial charge is 0.246 e. The molecular weight excluding hydrogens is 374 g/mol. The topological polar surface area (TPSA) is 55.8 Å². The summed E-state index contributed by atoms with van der Waals surface area (Å²) >= 11 is 5.60. The number of hydrogen-bond donors (Lipinski definition) is 2. The molecule has 0 aromatic heterocycles. The maximum Gasteiger partial charge on any atom is 0.246 e. The van der Waals surface area contributed by atoms with Gasteiger partial charge >= 0.3 is 0 Å². The minimum Gasteiger partial charge on any atom is -0.390 e. The van der Waals surface area contributed by atoms with E-state index < -0.39 is 6.10 Å². The van der Waals surface area contributed by atoms with Crippen LogP contribution in [-0.2, 0) is 4.79 Å². The Labute approximate surface area is 171 Å². The Morgan fingerprint density at radius 1 is 1.07 bits per heavy atom. The van der Waals surface area contributed by atoms with Gasteiger partial charge in [-0.25, -0.2) is 0 Å². The van der Waals surface area contributed by atoms with Crippen molar-refractivity contribution in [3.63, 3.8) is 0 Å². The van der Waals surface area contributed by atoms with E-state index >= 15 is 0 Å². The second kappa shape index (κ2) is 10.2. The summed E-state index contributed by atoms with van der Waals surface area (Å²) in [6.07, 6.45) is 2.96. The van der Waals surface area contributed by atoms with Crippen molar-refractivity contribution in [2.24, 2.45) is 0 Å². The molecule has 1 fully saturated rings. The highest BCUT2D eigenvalue weighted by Crippen LogP contribution is 2.20. The van der Waals surface area contributed by atoms with Crippen LogP contribution >= 0.6 is 11.6 Å². The van der Waals surface area contributed by atoms with Crippen LogP contribution in [0.2, 0.25) is 0 Å². The van der Waals surface area contributed by atoms with Crippen molar-refractivity contribution in [2.75, 3.05) is 48.8 Å². The van der Waals surface area contributed by atoms with E-state index in [0.717, 1.165) is 30.0 Å². The Kier molecular flexibility index (Phi) is 7.34. The van der Waals surface area contributed by atoms with E-state index in [1.54, 1.807) is 6.08 Å². The third-order valence-electron chi connectivity index (χ3n) is 4.76. The van der Waals surface area contributed by atoms with Crippen LogP contribution in [0.1, 0.15) is 5.56 Å². The first kappa shape index (κ1) is 20.2. The van der Waals surface area contributed by atoms with Crippen LogP contribution in [0, 0.1) is 0 Å². The number of amides is 1. The maximum absolute atomic E-state index is 12.4. The summed E-state index contributed by atoms with van der Waals surface area (Å²) in [6, 6.07) is 18.0. The molecule has 6 heteroatoms. The quantitative estimate of drug-likeness (QED) is 0.555. The number of hydrogen-bond acceptors (Lipinski definition) is 4. The molecule has 1 amide bonds. The zero-order chi connectivity index (χ0) is 19.8. The minimum absolute atomic E-state index is 0.0564. The van der Waals surface area contributed by atoms with Crippen molar-refractivity contribution >= 4 is 35.0 Å². The monoisotopic (exact) mass is 399 g/mol. The van der Waals surface area contributed by atoms with E-state index in [0.29, 0.717) is 19.6 Å². The van der Waals surface area contributed by atoms with Gasteiger partial charge in [0.1, 0.15) is 0 Å². The number of nitrogens with one attached hydrogen (secondary N) is 1. The van der Waals surface area contributed by atoms with Crippen LogP contribution in [0.4, 0.5) is 11.4 Å². The molecule has 1 atom stereocenters. The largest absolute Gasteiger partial charge is 0.390 e. The molecule has 28 heavy (non-hydrogen) atoms. The van der Waals surface area contributed by atoms with Crippen LogP contribution in [-0.4, -0.2) is 60.6 Å². The number of benzene rings is 2. The van der Waals surface area contributed by atoms with Crippen LogP contribution in [0.25, 0.3) is 6.08 Å². The standard InChI is InChI=1S/C22H26ClN3O2/c23-16-21(27)17-24-19-7-9-20(10-8-19)25-12-14-26(15-13-25)22(28)11-6-18-4-2-1-3-5-18/h1-11,21,24,27H,12-17H2. The molecule has 5 nitrogen and oxygen atoms in total. The van der Waals surface area contributed by atoms with E-state index in [9.17, 15) is 9.90 Å². The molecule has 0 radical (unpaired) electrons. The molecule has 0 saturated carbocycles. The van der Waals surface area contributed by atoms with Crippen LogP contribution in [0.15, 0.2) is 60.7 Å². The maximum atomic E-state index is 12.4. The SMILES string of the molecule is O=C(C=Cc1ccccc1)N1CCN(c2ccc(NCC(O)CCl)cc2)CC1. The number of aliphatic hydroxyl groups excluding tert-OH is 1. The average Bonchev–Trinajstić information content (AvgIpc) is 2.77. The lowest BCUT2D eigenvalue weighted by molar-refractivity contribution is -0.126. The highest BCUT2D eigenvalue weighted by molar-refractivity contribution is 6.18. The molecule has 0 bridgehead atoms. The van der Waals surface area contributed by atoms with Crippen LogP contribution in [0.3, 0.4) is 0 Å². The van der Waals surface area contributed by atoms with Crippen molar-refractivity contribution in [3.05, 3.63) is 66.2 Å². The van der Waals surface area contributed by atoms with Crippen LogP contribution < -0.4 is 10.2 Å². The lowest BCUT2D eigenvalue weighted by Crippen LogP contribution is -2.48. The van der Waals surface area contributed by atoms with E-state index in [4.69, 9.17) is 11.6 Å². The van der Waals surface area contributed by atoms with Gasteiger partial charge in [0.25, 0.3) is 0 Å². The summed E-state index contributed by atoms with van der Waals surface area (Å²) in [5, 5.41) is 12.7. The molecule has 0 aliphatic carbocycles. The molecule has 1 saturated heterocycles. The van der Waals surface area contributed by atoms with Gasteiger partial charge in [0.2, 0.25) is 5.91 Å². The summed E-state index contributed by atoms with van der Waals surface area (Å²) in [5.74, 6) is 0.273. The molecule has 148 valence electrons. The molecular formula is C22H26ClN3O2. The molecule has 1 unspecified atom stereocenters. The molecule has 1 aliphatic rings. The lowest BCUT2D eigenvalue weighted by Gasteiger charge is -2.35. The van der Waals surface area contributed by atoms with Crippen molar-refractivity contribution in [1.82, 2.24) is 4.90 Å². The van der Waals surface area contributed by atoms with Gasteiger partial charge < -0.3 is 20.2 Å². The number of nitrogens with zero attached hydrogens (tertiary/aromatic N) is 2. The molecule has 1 heterocycles. The molecule has 2 aromatic carbocycles. The third-order valence-corrected chi connectivity index (χ3v) is 5.12. The molecule has 2 aromatic rings. The molecule has 3 rings (SSSR count). The fraction of sp³-hybridized carbons (Fsp3) is 0.318. The van der Waals surface area contributed by atoms with E-state index in [1.165, 1.54) is 0 Å². The fourth-order valence-corrected chi connectivity index (χ4v) is 3.21. The fourth-order valence-electron chi connectivity index (χ4n) is 3.10. The summed E-state index contributed by atoms with van der Waals surface area (Å²) in [4.78, 5) is 16.6. The van der Waals surface area contributed by atoms with E-state index in [-0.39, 0.29) is 11.8 Å². The Morgan fingerprint density at radius 3 is 2.39 bits per heavy atom. The second-order valence-electron chi connectivity index (χ2n) is 6.79. The minimum atomic E-state index is -0.553. The Morgan fingerprint density at radius 2 is 1.75 bits per heavy atom. The first-order valence-corrected chi connectivity index (χ1v) is 10.0. The zero-order valence-corrected chi connectivity index (χ0v) is 16.6. The number of alkyl halides is 1. The summed E-state index contributed by atoms with van der Waals surface area (Å²) in [5.41, 5.74) is 3.12. The predicted molar refractivity (Wildman–Crippen MR) is 116 cm³/mol. The summed E-state index contributed by atoms with van der Waals surface area (Å²) in [7, 11) is 0. The number of carbonyl (C=O) groups is 1. The number of piperazine rings is 1. The van der Waals surface area contributed by atoms with Gasteiger partial charge in [0.15, 0.2) is 0 Å². The Bertz CT molecular complexity index is 772. The van der Waals surface area contributed by atoms with Gasteiger partial charge in [0, 0.05) is 50.2 Å². The number of carbonyl (C=O) groups excluding carboxylic acids is 1. The van der Waals surface area contributed by atoms with Gasteiger partial charge in [-0.3, -0.25) is 4.79 Å². The van der Waals surface area contributed by atoms with E-state index in [2.05, 4.69) is 22.3 Å². The second-order valence-corrected chi connectivity index (χ2v) is 7.10. The van der Waals surface area contributed by atoms with Crippen molar-refractivity contribution < 1.29 is 9.90 Å². The summed E-state index contributed by atoms with van der Waals surface area (Å²) in [6.45, 7) is 3.46. The van der Waals surface area contributed by atoms with Gasteiger partial charge in [0.05, 0.1) is 12.0 Å². The first-order chi connectivity index (χ1) is 13.7. The zero-order valence-electron chi connectivity index (χ0n) is 15.8. The van der Waals surface area contributed by atoms with Gasteiger partial charge in [-0.1, -0.05) is 30.3 Å². The molecule has 1 aliphatic heterocycles. The normalized spacial score (nSPS) is 15.6. The average molecular weight is 400 g/mol. The molecule has 2 N–H and O–H groups in total. The number of rotatable bonds is 7. The lowest BCUT2D eigenvalue weighted by atomic mass is 10.2. The van der Waals surface area contributed by atoms with Gasteiger partial charge in [-0.2, -0.15) is 0 Å². The number of halogens is 1. The van der Waals surface area contributed by atoms with Gasteiger partial charge in [-0.05, 0) is 35.9 Å². The van der Waals surface area contributed by atoms with E-state index in [1.807, 2.05) is 53.4 Å². The third kappa shape index (κ3) is 5.75. The number of anilines is 2.